The second-order valence-electron chi connectivity index (χ2n) is 3.68. The molecular weight excluding hydrogens is 258 g/mol. The van der Waals surface area contributed by atoms with Gasteiger partial charge in [0.15, 0.2) is 0 Å². The molecule has 0 fully saturated rings. The molecule has 8 nitrogen and oxygen atoms in total. The number of primary amides is 1. The largest absolute Gasteiger partial charge is 0.397 e. The van der Waals surface area contributed by atoms with E-state index in [1.54, 1.807) is 0 Å². The molecule has 18 heavy (non-hydrogen) atoms. The van der Waals surface area contributed by atoms with E-state index < -0.39 is 15.9 Å². The van der Waals surface area contributed by atoms with E-state index in [0.717, 1.165) is 0 Å². The summed E-state index contributed by atoms with van der Waals surface area (Å²) in [6, 6.07) is 1.40. The molecule has 9 heteroatoms. The number of nitrogens with two attached hydrogens (primary N) is 3. The summed E-state index contributed by atoms with van der Waals surface area (Å²) in [5, 5.41) is 7.66. The van der Waals surface area contributed by atoms with Gasteiger partial charge in [0.05, 0.1) is 23.2 Å². The van der Waals surface area contributed by atoms with Gasteiger partial charge in [0, 0.05) is 6.54 Å². The van der Waals surface area contributed by atoms with E-state index in [2.05, 4.69) is 10.3 Å². The third-order valence-corrected chi connectivity index (χ3v) is 2.93. The van der Waals surface area contributed by atoms with E-state index in [9.17, 15) is 13.2 Å². The Morgan fingerprint density at radius 2 is 2.11 bits per heavy atom. The number of carbonyl (C=O) groups is 1. The van der Waals surface area contributed by atoms with Crippen molar-refractivity contribution in [3.05, 3.63) is 17.8 Å². The Labute approximate surface area is 105 Å². The van der Waals surface area contributed by atoms with Gasteiger partial charge >= 0.3 is 0 Å². The number of hydrogen-bond acceptors (Lipinski definition) is 6. The van der Waals surface area contributed by atoms with E-state index in [0.29, 0.717) is 18.7 Å². The summed E-state index contributed by atoms with van der Waals surface area (Å²) in [5.41, 5.74) is 11.1. The zero-order chi connectivity index (χ0) is 13.8. The maximum Gasteiger partial charge on any atom is 0.252 e. The summed E-state index contributed by atoms with van der Waals surface area (Å²) in [6.07, 6.45) is 1.66. The highest BCUT2D eigenvalue weighted by Gasteiger charge is 2.10. The molecule has 0 aromatic carbocycles. The first kappa shape index (κ1) is 14.2. The van der Waals surface area contributed by atoms with Crippen molar-refractivity contribution in [2.24, 2.45) is 10.9 Å². The van der Waals surface area contributed by atoms with Crippen molar-refractivity contribution in [3.8, 4) is 0 Å². The smallest absolute Gasteiger partial charge is 0.252 e. The van der Waals surface area contributed by atoms with E-state index in [4.69, 9.17) is 16.6 Å². The minimum atomic E-state index is -3.48. The number of nitrogens with zero attached hydrogens (tertiary/aromatic N) is 1. The summed E-state index contributed by atoms with van der Waals surface area (Å²) in [7, 11) is -3.48. The third kappa shape index (κ3) is 4.55. The zero-order valence-corrected chi connectivity index (χ0v) is 10.4. The Kier molecular flexibility index (Phi) is 4.45. The standard InChI is InChI=1S/C9H15N5O3S/c10-6-4-7(8(11)15)9(14-5-6)13-2-1-3-18(12,16)17/h4-5H,1-3,10H2,(H2,11,15)(H,13,14)(H2,12,16,17). The molecule has 7 N–H and O–H groups in total. The van der Waals surface area contributed by atoms with Crippen LogP contribution >= 0.6 is 0 Å². The number of nitrogens with one attached hydrogen (secondary N) is 1. The van der Waals surface area contributed by atoms with Crippen LogP contribution in [0.4, 0.5) is 11.5 Å². The van der Waals surface area contributed by atoms with Gasteiger partial charge in [-0.25, -0.2) is 18.5 Å². The lowest BCUT2D eigenvalue weighted by molar-refractivity contribution is 0.100. The highest BCUT2D eigenvalue weighted by atomic mass is 32.2. The molecule has 0 radical (unpaired) electrons. The highest BCUT2D eigenvalue weighted by molar-refractivity contribution is 7.89. The van der Waals surface area contributed by atoms with Crippen LogP contribution in [0, 0.1) is 0 Å². The molecule has 0 spiro atoms. The minimum Gasteiger partial charge on any atom is -0.397 e. The van der Waals surface area contributed by atoms with E-state index in [-0.39, 0.29) is 17.1 Å². The summed E-state index contributed by atoms with van der Waals surface area (Å²) < 4.78 is 21.4. The number of pyridine rings is 1. The van der Waals surface area contributed by atoms with Crippen LogP contribution in [0.5, 0.6) is 0 Å². The van der Waals surface area contributed by atoms with Gasteiger partial charge in [-0.15, -0.1) is 0 Å². The van der Waals surface area contributed by atoms with E-state index in [1.165, 1.54) is 12.3 Å². The van der Waals surface area contributed by atoms with Crippen LogP contribution in [0.2, 0.25) is 0 Å². The number of carbonyl (C=O) groups excluding carboxylic acids is 1. The summed E-state index contributed by atoms with van der Waals surface area (Å²) >= 11 is 0. The van der Waals surface area contributed by atoms with Crippen LogP contribution in [0.15, 0.2) is 12.3 Å². The fourth-order valence-electron chi connectivity index (χ4n) is 1.29. The maximum absolute atomic E-state index is 11.1. The molecule has 0 aliphatic carbocycles. The molecular formula is C9H15N5O3S. The number of hydrogen-bond donors (Lipinski definition) is 4. The highest BCUT2D eigenvalue weighted by Crippen LogP contribution is 2.14. The Morgan fingerprint density at radius 1 is 1.44 bits per heavy atom. The SMILES string of the molecule is NC(=O)c1cc(N)cnc1NCCCS(N)(=O)=O. The molecule has 0 aliphatic rings. The first-order valence-electron chi connectivity index (χ1n) is 5.09. The van der Waals surface area contributed by atoms with Gasteiger partial charge in [-0.05, 0) is 12.5 Å². The predicted molar refractivity (Wildman–Crippen MR) is 68.2 cm³/mol. The summed E-state index contributed by atoms with van der Waals surface area (Å²) in [4.78, 5) is 15.1. The number of aromatic nitrogens is 1. The Hall–Kier alpha value is -1.87. The first-order valence-corrected chi connectivity index (χ1v) is 6.81. The Balaban J connectivity index is 2.65. The van der Waals surface area contributed by atoms with Crippen molar-refractivity contribution in [1.82, 2.24) is 4.98 Å². The molecule has 1 amide bonds. The molecule has 0 bridgehead atoms. The van der Waals surface area contributed by atoms with Crippen LogP contribution in [-0.2, 0) is 10.0 Å². The van der Waals surface area contributed by atoms with Gasteiger partial charge in [0.2, 0.25) is 10.0 Å². The lowest BCUT2D eigenvalue weighted by Gasteiger charge is -2.09. The quantitative estimate of drug-likeness (QED) is 0.480. The third-order valence-electron chi connectivity index (χ3n) is 2.07. The molecule has 1 rings (SSSR count). The van der Waals surface area contributed by atoms with Crippen molar-refractivity contribution in [3.63, 3.8) is 0 Å². The van der Waals surface area contributed by atoms with Gasteiger partial charge in [-0.1, -0.05) is 0 Å². The van der Waals surface area contributed by atoms with Gasteiger partial charge in [-0.2, -0.15) is 0 Å². The Bertz CT molecular complexity index is 543. The van der Waals surface area contributed by atoms with Crippen LogP contribution in [-0.4, -0.2) is 31.6 Å². The minimum absolute atomic E-state index is 0.152. The molecule has 0 unspecified atom stereocenters. The van der Waals surface area contributed by atoms with Crippen LogP contribution in [0.3, 0.4) is 0 Å². The molecule has 1 aromatic rings. The molecule has 100 valence electrons. The number of anilines is 2. The van der Waals surface area contributed by atoms with Crippen molar-refractivity contribution < 1.29 is 13.2 Å². The monoisotopic (exact) mass is 273 g/mol. The van der Waals surface area contributed by atoms with Crippen LogP contribution in [0.1, 0.15) is 16.8 Å². The van der Waals surface area contributed by atoms with E-state index in [1.807, 2.05) is 0 Å². The average molecular weight is 273 g/mol. The lowest BCUT2D eigenvalue weighted by Crippen LogP contribution is -2.20. The second-order valence-corrected chi connectivity index (χ2v) is 5.41. The number of rotatable bonds is 6. The van der Waals surface area contributed by atoms with Gasteiger partial charge in [0.1, 0.15) is 5.82 Å². The zero-order valence-electron chi connectivity index (χ0n) is 9.59. The van der Waals surface area contributed by atoms with Gasteiger partial charge in [0.25, 0.3) is 5.91 Å². The topological polar surface area (TPSA) is 154 Å². The second kappa shape index (κ2) is 5.65. The van der Waals surface area contributed by atoms with Gasteiger partial charge in [-0.3, -0.25) is 4.79 Å². The van der Waals surface area contributed by atoms with Crippen molar-refractivity contribution in [2.75, 3.05) is 23.3 Å². The lowest BCUT2D eigenvalue weighted by atomic mass is 10.2. The normalized spacial score (nSPS) is 11.2. The number of nitrogen functional groups attached to an aromatic ring is 1. The molecule has 0 aliphatic heterocycles. The van der Waals surface area contributed by atoms with Crippen molar-refractivity contribution in [1.29, 1.82) is 0 Å². The average Bonchev–Trinajstić information content (AvgIpc) is 2.24. The molecule has 0 atom stereocenters. The van der Waals surface area contributed by atoms with Crippen molar-refractivity contribution in [2.45, 2.75) is 6.42 Å². The molecule has 0 saturated heterocycles. The fourth-order valence-corrected chi connectivity index (χ4v) is 1.84. The fraction of sp³-hybridized carbons (Fsp3) is 0.333. The number of amides is 1. The number of primary sulfonamides is 1. The van der Waals surface area contributed by atoms with Crippen LogP contribution in [0.25, 0.3) is 0 Å². The van der Waals surface area contributed by atoms with Crippen LogP contribution < -0.4 is 21.9 Å². The molecule has 1 aromatic heterocycles. The first-order chi connectivity index (χ1) is 8.29. The maximum atomic E-state index is 11.1. The summed E-state index contributed by atoms with van der Waals surface area (Å²) in [5.74, 6) is -0.546. The summed E-state index contributed by atoms with van der Waals surface area (Å²) in [6.45, 7) is 0.299. The predicted octanol–water partition coefficient (Wildman–Crippen LogP) is -1.15. The molecule has 1 heterocycles. The number of sulfonamides is 1. The van der Waals surface area contributed by atoms with Crippen molar-refractivity contribution >= 4 is 27.4 Å². The Morgan fingerprint density at radius 3 is 2.67 bits per heavy atom. The van der Waals surface area contributed by atoms with E-state index >= 15 is 0 Å². The van der Waals surface area contributed by atoms with Gasteiger partial charge < -0.3 is 16.8 Å². The molecule has 0 saturated carbocycles.